The molecule has 3 aromatic heterocycles. The Morgan fingerprint density at radius 3 is 2.57 bits per heavy atom. The van der Waals surface area contributed by atoms with Crippen LogP contribution in [0.5, 0.6) is 5.75 Å². The molecule has 0 aliphatic heterocycles. The van der Waals surface area contributed by atoms with Gasteiger partial charge in [-0.3, -0.25) is 4.79 Å². The Balaban J connectivity index is 1.48. The van der Waals surface area contributed by atoms with E-state index in [-0.39, 0.29) is 11.3 Å². The first-order chi connectivity index (χ1) is 14.4. The van der Waals surface area contributed by atoms with Crippen molar-refractivity contribution in [3.8, 4) is 17.1 Å². The third-order valence-corrected chi connectivity index (χ3v) is 5.39. The van der Waals surface area contributed by atoms with Gasteiger partial charge in [0.1, 0.15) is 21.8 Å². The zero-order valence-corrected chi connectivity index (χ0v) is 15.8. The third-order valence-electron chi connectivity index (χ3n) is 4.42. The molecule has 0 aliphatic carbocycles. The smallest absolute Gasteiger partial charge is 0.457 e. The average molecular weight is 428 g/mol. The molecular formula is C21H11F3N2O3S. The molecule has 0 N–H and O–H groups in total. The molecule has 5 rings (SSSR count). The molecule has 0 atom stereocenters. The zero-order valence-electron chi connectivity index (χ0n) is 15.0. The van der Waals surface area contributed by atoms with Crippen molar-refractivity contribution in [1.82, 2.24) is 9.38 Å². The highest BCUT2D eigenvalue weighted by Gasteiger charge is 2.31. The maximum absolute atomic E-state index is 12.8. The summed E-state index contributed by atoms with van der Waals surface area (Å²) < 4.78 is 48.5. The van der Waals surface area contributed by atoms with Gasteiger partial charge in [0.25, 0.3) is 5.56 Å². The highest BCUT2D eigenvalue weighted by Crippen LogP contribution is 2.27. The lowest BCUT2D eigenvalue weighted by atomic mass is 10.2. The van der Waals surface area contributed by atoms with Gasteiger partial charge in [0, 0.05) is 11.6 Å². The van der Waals surface area contributed by atoms with Gasteiger partial charge in [-0.25, -0.2) is 9.38 Å². The van der Waals surface area contributed by atoms with Crippen molar-refractivity contribution in [2.24, 2.45) is 0 Å². The van der Waals surface area contributed by atoms with Crippen LogP contribution in [0, 0.1) is 0 Å². The Hall–Kier alpha value is -3.59. The topological polar surface area (TPSA) is 56.7 Å². The van der Waals surface area contributed by atoms with E-state index < -0.39 is 6.36 Å². The molecule has 5 nitrogen and oxygen atoms in total. The fourth-order valence-corrected chi connectivity index (χ4v) is 4.11. The SMILES string of the molecule is O=c1c(=Cc2ccc(-c3ccc(OC(F)(F)F)cc3)o2)sc2nc3ccccc3n12. The van der Waals surface area contributed by atoms with Crippen LogP contribution in [0.2, 0.25) is 0 Å². The molecule has 150 valence electrons. The van der Waals surface area contributed by atoms with E-state index in [1.54, 1.807) is 22.6 Å². The number of alkyl halides is 3. The van der Waals surface area contributed by atoms with Gasteiger partial charge in [-0.2, -0.15) is 0 Å². The van der Waals surface area contributed by atoms with Gasteiger partial charge in [-0.1, -0.05) is 23.5 Å². The molecule has 30 heavy (non-hydrogen) atoms. The minimum absolute atomic E-state index is 0.185. The first kappa shape index (κ1) is 18.4. The molecule has 0 radical (unpaired) electrons. The second-order valence-electron chi connectivity index (χ2n) is 6.41. The molecule has 0 amide bonds. The Bertz CT molecular complexity index is 1480. The lowest BCUT2D eigenvalue weighted by Crippen LogP contribution is -2.22. The summed E-state index contributed by atoms with van der Waals surface area (Å²) in [5.74, 6) is 0.598. The zero-order chi connectivity index (χ0) is 20.9. The van der Waals surface area contributed by atoms with E-state index in [1.165, 1.54) is 35.6 Å². The molecule has 3 heterocycles. The monoisotopic (exact) mass is 428 g/mol. The minimum atomic E-state index is -4.74. The van der Waals surface area contributed by atoms with Crippen LogP contribution in [0.25, 0.3) is 33.4 Å². The molecule has 2 aromatic carbocycles. The lowest BCUT2D eigenvalue weighted by Gasteiger charge is -2.08. The molecule has 5 aromatic rings. The van der Waals surface area contributed by atoms with E-state index in [4.69, 9.17) is 4.42 Å². The highest BCUT2D eigenvalue weighted by atomic mass is 32.1. The van der Waals surface area contributed by atoms with Gasteiger partial charge < -0.3 is 9.15 Å². The molecule has 0 unspecified atom stereocenters. The molecule has 0 fully saturated rings. The second kappa shape index (κ2) is 6.74. The van der Waals surface area contributed by atoms with Gasteiger partial charge in [-0.05, 0) is 48.5 Å². The van der Waals surface area contributed by atoms with Crippen LogP contribution in [0.4, 0.5) is 13.2 Å². The molecule has 0 saturated carbocycles. The van der Waals surface area contributed by atoms with E-state index in [1.807, 2.05) is 24.3 Å². The molecule has 0 spiro atoms. The summed E-state index contributed by atoms with van der Waals surface area (Å²) in [6.45, 7) is 0. The maximum atomic E-state index is 12.8. The summed E-state index contributed by atoms with van der Waals surface area (Å²) in [4.78, 5) is 17.9. The van der Waals surface area contributed by atoms with Crippen LogP contribution in [0.15, 0.2) is 69.9 Å². The Kier molecular flexibility index (Phi) is 4.14. The van der Waals surface area contributed by atoms with Crippen LogP contribution in [-0.4, -0.2) is 15.7 Å². The summed E-state index contributed by atoms with van der Waals surface area (Å²) in [6.07, 6.45) is -3.11. The number of rotatable bonds is 3. The summed E-state index contributed by atoms with van der Waals surface area (Å²) in [7, 11) is 0. The van der Waals surface area contributed by atoms with E-state index in [2.05, 4.69) is 9.72 Å². The number of fused-ring (bicyclic) bond motifs is 3. The number of thiazole rings is 1. The highest BCUT2D eigenvalue weighted by molar-refractivity contribution is 7.15. The molecular weight excluding hydrogens is 417 g/mol. The van der Waals surface area contributed by atoms with Gasteiger partial charge in [0.15, 0.2) is 4.96 Å². The van der Waals surface area contributed by atoms with Crippen molar-refractivity contribution in [2.75, 3.05) is 0 Å². The van der Waals surface area contributed by atoms with Crippen molar-refractivity contribution in [2.45, 2.75) is 6.36 Å². The van der Waals surface area contributed by atoms with Crippen molar-refractivity contribution in [3.05, 3.63) is 81.3 Å². The fourth-order valence-electron chi connectivity index (χ4n) is 3.15. The number of furan rings is 1. The number of aromatic nitrogens is 2. The average Bonchev–Trinajstić information content (AvgIpc) is 3.37. The molecule has 9 heteroatoms. The second-order valence-corrected chi connectivity index (χ2v) is 7.42. The Morgan fingerprint density at radius 2 is 1.80 bits per heavy atom. The maximum Gasteiger partial charge on any atom is 0.573 e. The number of hydrogen-bond donors (Lipinski definition) is 0. The largest absolute Gasteiger partial charge is 0.573 e. The number of nitrogens with zero attached hydrogens (tertiary/aromatic N) is 2. The van der Waals surface area contributed by atoms with Crippen LogP contribution in [-0.2, 0) is 0 Å². The normalized spacial score (nSPS) is 12.8. The fraction of sp³-hybridized carbons (Fsp3) is 0.0476. The lowest BCUT2D eigenvalue weighted by molar-refractivity contribution is -0.274. The van der Waals surface area contributed by atoms with Crippen molar-refractivity contribution in [3.63, 3.8) is 0 Å². The van der Waals surface area contributed by atoms with E-state index in [0.29, 0.717) is 26.6 Å². The number of hydrogen-bond acceptors (Lipinski definition) is 5. The van der Waals surface area contributed by atoms with E-state index >= 15 is 0 Å². The van der Waals surface area contributed by atoms with E-state index in [9.17, 15) is 18.0 Å². The van der Waals surface area contributed by atoms with Gasteiger partial charge in [0.2, 0.25) is 0 Å². The van der Waals surface area contributed by atoms with Crippen LogP contribution in [0.3, 0.4) is 0 Å². The molecule has 0 bridgehead atoms. The standard InChI is InChI=1S/C21H11F3N2O3S/c22-21(23,24)29-13-7-5-12(6-8-13)17-10-9-14(28-17)11-18-19(27)26-16-4-2-1-3-15(16)25-20(26)30-18/h1-11H. The van der Waals surface area contributed by atoms with Crippen molar-refractivity contribution in [1.29, 1.82) is 0 Å². The predicted molar refractivity (Wildman–Crippen MR) is 106 cm³/mol. The Morgan fingerprint density at radius 1 is 1.03 bits per heavy atom. The van der Waals surface area contributed by atoms with Crippen LogP contribution in [0.1, 0.15) is 5.76 Å². The first-order valence-corrected chi connectivity index (χ1v) is 9.57. The molecule has 0 saturated heterocycles. The van der Waals surface area contributed by atoms with E-state index in [0.717, 1.165) is 11.0 Å². The third kappa shape index (κ3) is 3.33. The number of para-hydroxylation sites is 2. The summed E-state index contributed by atoms with van der Waals surface area (Å²) in [5.41, 5.74) is 1.90. The molecule has 0 aliphatic rings. The number of halogens is 3. The first-order valence-electron chi connectivity index (χ1n) is 8.75. The van der Waals surface area contributed by atoms with Gasteiger partial charge in [0.05, 0.1) is 11.0 Å². The predicted octanol–water partition coefficient (Wildman–Crippen LogP) is 4.62. The number of ether oxygens (including phenoxy) is 1. The van der Waals surface area contributed by atoms with Crippen molar-refractivity contribution < 1.29 is 22.3 Å². The summed E-state index contributed by atoms with van der Waals surface area (Å²) >= 11 is 1.26. The minimum Gasteiger partial charge on any atom is -0.457 e. The number of benzene rings is 2. The van der Waals surface area contributed by atoms with Gasteiger partial charge >= 0.3 is 6.36 Å². The van der Waals surface area contributed by atoms with Gasteiger partial charge in [-0.15, -0.1) is 13.2 Å². The summed E-state index contributed by atoms with van der Waals surface area (Å²) in [6, 6.07) is 16.1. The number of imidazole rings is 1. The quantitative estimate of drug-likeness (QED) is 0.421. The van der Waals surface area contributed by atoms with Crippen LogP contribution >= 0.6 is 11.3 Å². The van der Waals surface area contributed by atoms with Crippen LogP contribution < -0.4 is 14.8 Å². The van der Waals surface area contributed by atoms with Crippen molar-refractivity contribution >= 4 is 33.4 Å². The summed E-state index contributed by atoms with van der Waals surface area (Å²) in [5, 5.41) is 0. The Labute approximate surface area is 170 Å².